The third-order valence-corrected chi connectivity index (χ3v) is 2.46. The van der Waals surface area contributed by atoms with Crippen molar-refractivity contribution in [1.82, 2.24) is 0 Å². The molecule has 0 saturated carbocycles. The van der Waals surface area contributed by atoms with Crippen LogP contribution in [0.1, 0.15) is 15.9 Å². The molecule has 0 unspecified atom stereocenters. The molecule has 19 heavy (non-hydrogen) atoms. The Morgan fingerprint density at radius 1 is 1.05 bits per heavy atom. The van der Waals surface area contributed by atoms with Crippen LogP contribution < -0.4 is 5.32 Å². The number of halogens is 2. The van der Waals surface area contributed by atoms with Gasteiger partial charge < -0.3 is 5.32 Å². The number of hydrogen-bond acceptors (Lipinski definition) is 2. The van der Waals surface area contributed by atoms with Gasteiger partial charge in [-0.3, -0.25) is 4.79 Å². The van der Waals surface area contributed by atoms with Crippen LogP contribution in [0.5, 0.6) is 0 Å². The van der Waals surface area contributed by atoms with Crippen LogP contribution in [-0.2, 0) is 0 Å². The summed E-state index contributed by atoms with van der Waals surface area (Å²) in [6.07, 6.45) is 0. The van der Waals surface area contributed by atoms with Crippen LogP contribution >= 0.6 is 0 Å². The molecule has 0 bridgehead atoms. The molecule has 0 radical (unpaired) electrons. The molecule has 0 spiro atoms. The van der Waals surface area contributed by atoms with Crippen LogP contribution in [0, 0.1) is 23.0 Å². The number of benzene rings is 2. The van der Waals surface area contributed by atoms with Crippen molar-refractivity contribution in [2.75, 3.05) is 5.32 Å². The molecule has 5 heteroatoms. The number of rotatable bonds is 2. The van der Waals surface area contributed by atoms with Crippen LogP contribution in [0.15, 0.2) is 42.5 Å². The Bertz CT molecular complexity index is 660. The SMILES string of the molecule is N#Cc1cc(F)ccc1NC(=O)c1ccc(F)cc1. The summed E-state index contributed by atoms with van der Waals surface area (Å²) in [4.78, 5) is 11.8. The van der Waals surface area contributed by atoms with Gasteiger partial charge in [0.05, 0.1) is 11.3 Å². The molecule has 2 aromatic carbocycles. The lowest BCUT2D eigenvalue weighted by Gasteiger charge is -2.07. The molecule has 0 aromatic heterocycles. The monoisotopic (exact) mass is 258 g/mol. The second kappa shape index (κ2) is 5.27. The fourth-order valence-electron chi connectivity index (χ4n) is 1.51. The minimum Gasteiger partial charge on any atom is -0.321 e. The maximum Gasteiger partial charge on any atom is 0.255 e. The Balaban J connectivity index is 2.24. The molecule has 0 saturated heterocycles. The van der Waals surface area contributed by atoms with Gasteiger partial charge in [-0.1, -0.05) is 0 Å². The molecule has 2 rings (SSSR count). The van der Waals surface area contributed by atoms with Crippen LogP contribution in [0.3, 0.4) is 0 Å². The molecule has 0 fully saturated rings. The van der Waals surface area contributed by atoms with E-state index in [0.717, 1.165) is 24.3 Å². The Morgan fingerprint density at radius 3 is 2.32 bits per heavy atom. The number of amides is 1. The molecule has 0 aliphatic carbocycles. The predicted molar refractivity (Wildman–Crippen MR) is 65.5 cm³/mol. The van der Waals surface area contributed by atoms with E-state index in [2.05, 4.69) is 5.32 Å². The van der Waals surface area contributed by atoms with E-state index in [0.29, 0.717) is 0 Å². The van der Waals surface area contributed by atoms with Gasteiger partial charge in [-0.15, -0.1) is 0 Å². The summed E-state index contributed by atoms with van der Waals surface area (Å²) in [5.41, 5.74) is 0.475. The molecular formula is C14H8F2N2O. The summed E-state index contributed by atoms with van der Waals surface area (Å²) in [6.45, 7) is 0. The average Bonchev–Trinajstić information content (AvgIpc) is 2.41. The first-order chi connectivity index (χ1) is 9.10. The third-order valence-electron chi connectivity index (χ3n) is 2.46. The van der Waals surface area contributed by atoms with Crippen LogP contribution in [0.2, 0.25) is 0 Å². The number of carbonyl (C=O) groups is 1. The highest BCUT2D eigenvalue weighted by Crippen LogP contribution is 2.17. The summed E-state index contributed by atoms with van der Waals surface area (Å²) in [7, 11) is 0. The molecule has 1 amide bonds. The van der Waals surface area contributed by atoms with Crippen molar-refractivity contribution in [3.63, 3.8) is 0 Å². The number of hydrogen-bond donors (Lipinski definition) is 1. The first-order valence-electron chi connectivity index (χ1n) is 5.37. The van der Waals surface area contributed by atoms with E-state index in [1.165, 1.54) is 18.2 Å². The van der Waals surface area contributed by atoms with E-state index >= 15 is 0 Å². The summed E-state index contributed by atoms with van der Waals surface area (Å²) in [5, 5.41) is 11.3. The second-order valence-electron chi connectivity index (χ2n) is 3.76. The van der Waals surface area contributed by atoms with Crippen LogP contribution in [0.25, 0.3) is 0 Å². The number of nitrogens with one attached hydrogen (secondary N) is 1. The van der Waals surface area contributed by atoms with Gasteiger partial charge in [-0.05, 0) is 42.5 Å². The van der Waals surface area contributed by atoms with Crippen molar-refractivity contribution in [1.29, 1.82) is 5.26 Å². The lowest BCUT2D eigenvalue weighted by molar-refractivity contribution is 0.102. The van der Waals surface area contributed by atoms with Gasteiger partial charge in [-0.2, -0.15) is 5.26 Å². The van der Waals surface area contributed by atoms with Gasteiger partial charge >= 0.3 is 0 Å². The van der Waals surface area contributed by atoms with E-state index < -0.39 is 17.5 Å². The zero-order valence-electron chi connectivity index (χ0n) is 9.65. The highest BCUT2D eigenvalue weighted by Gasteiger charge is 2.09. The molecule has 3 nitrogen and oxygen atoms in total. The summed E-state index contributed by atoms with van der Waals surface area (Å²) >= 11 is 0. The van der Waals surface area contributed by atoms with E-state index in [1.54, 1.807) is 6.07 Å². The molecule has 2 aromatic rings. The smallest absolute Gasteiger partial charge is 0.255 e. The molecule has 0 aliphatic heterocycles. The lowest BCUT2D eigenvalue weighted by Crippen LogP contribution is -2.12. The van der Waals surface area contributed by atoms with Gasteiger partial charge in [0.1, 0.15) is 17.7 Å². The summed E-state index contributed by atoms with van der Waals surface area (Å²) in [5.74, 6) is -1.50. The summed E-state index contributed by atoms with van der Waals surface area (Å²) < 4.78 is 25.7. The fourth-order valence-corrected chi connectivity index (χ4v) is 1.51. The van der Waals surface area contributed by atoms with Crippen LogP contribution in [-0.4, -0.2) is 5.91 Å². The molecule has 0 aliphatic rings. The Hall–Kier alpha value is -2.74. The van der Waals surface area contributed by atoms with Crippen molar-refractivity contribution in [3.8, 4) is 6.07 Å². The number of nitriles is 1. The van der Waals surface area contributed by atoms with Crippen molar-refractivity contribution in [2.45, 2.75) is 0 Å². The van der Waals surface area contributed by atoms with E-state index in [1.807, 2.05) is 0 Å². The van der Waals surface area contributed by atoms with Crippen molar-refractivity contribution >= 4 is 11.6 Å². The summed E-state index contributed by atoms with van der Waals surface area (Å²) in [6, 6.07) is 10.2. The maximum atomic E-state index is 12.9. The zero-order valence-corrected chi connectivity index (χ0v) is 9.65. The molecule has 0 heterocycles. The standard InChI is InChI=1S/C14H8F2N2O/c15-11-3-1-9(2-4-11)14(19)18-13-6-5-12(16)7-10(13)8-17/h1-7H,(H,18,19). The minimum absolute atomic E-state index is 0.0236. The number of nitrogens with zero attached hydrogens (tertiary/aromatic N) is 1. The highest BCUT2D eigenvalue weighted by atomic mass is 19.1. The van der Waals surface area contributed by atoms with Gasteiger partial charge in [-0.25, -0.2) is 8.78 Å². The van der Waals surface area contributed by atoms with Gasteiger partial charge in [0.2, 0.25) is 0 Å². The molecular weight excluding hydrogens is 250 g/mol. The maximum absolute atomic E-state index is 12.9. The van der Waals surface area contributed by atoms with Gasteiger partial charge in [0, 0.05) is 5.56 Å². The van der Waals surface area contributed by atoms with Gasteiger partial charge in [0.25, 0.3) is 5.91 Å². The molecule has 1 N–H and O–H groups in total. The van der Waals surface area contributed by atoms with Crippen molar-refractivity contribution in [2.24, 2.45) is 0 Å². The normalized spacial score (nSPS) is 9.74. The topological polar surface area (TPSA) is 52.9 Å². The van der Waals surface area contributed by atoms with Crippen molar-refractivity contribution < 1.29 is 13.6 Å². The van der Waals surface area contributed by atoms with E-state index in [-0.39, 0.29) is 16.8 Å². The number of anilines is 1. The van der Waals surface area contributed by atoms with E-state index in [4.69, 9.17) is 5.26 Å². The highest BCUT2D eigenvalue weighted by molar-refractivity contribution is 6.04. The molecule has 94 valence electrons. The van der Waals surface area contributed by atoms with Gasteiger partial charge in [0.15, 0.2) is 0 Å². The Labute approximate surface area is 108 Å². The second-order valence-corrected chi connectivity index (χ2v) is 3.76. The Kier molecular flexibility index (Phi) is 3.53. The minimum atomic E-state index is -0.559. The van der Waals surface area contributed by atoms with Crippen molar-refractivity contribution in [3.05, 3.63) is 65.2 Å². The number of carbonyl (C=O) groups excluding carboxylic acids is 1. The molecule has 0 atom stereocenters. The quantitative estimate of drug-likeness (QED) is 0.899. The predicted octanol–water partition coefficient (Wildman–Crippen LogP) is 3.09. The van der Waals surface area contributed by atoms with E-state index in [9.17, 15) is 13.6 Å². The largest absolute Gasteiger partial charge is 0.321 e. The lowest BCUT2D eigenvalue weighted by atomic mass is 10.1. The third kappa shape index (κ3) is 2.93. The first-order valence-corrected chi connectivity index (χ1v) is 5.37. The first kappa shape index (κ1) is 12.7. The van der Waals surface area contributed by atoms with Crippen LogP contribution in [0.4, 0.5) is 14.5 Å². The fraction of sp³-hybridized carbons (Fsp3) is 0. The zero-order chi connectivity index (χ0) is 13.8. The Morgan fingerprint density at radius 2 is 1.68 bits per heavy atom. The average molecular weight is 258 g/mol.